The Morgan fingerprint density at radius 2 is 1.09 bits per heavy atom. The molecule has 4 rings (SSSR count). The molecule has 0 aliphatic heterocycles. The first kappa shape index (κ1) is 21.4. The molecule has 0 spiro atoms. The molecule has 0 amide bonds. The zero-order valence-electron chi connectivity index (χ0n) is 19.2. The van der Waals surface area contributed by atoms with Crippen LogP contribution in [0.1, 0.15) is 37.5 Å². The van der Waals surface area contributed by atoms with E-state index in [4.69, 9.17) is 4.42 Å². The zero-order chi connectivity index (χ0) is 22.7. The van der Waals surface area contributed by atoms with Crippen LogP contribution in [-0.2, 0) is 5.41 Å². The number of nitrogens with zero attached hydrogens (tertiary/aromatic N) is 3. The molecule has 160 valence electrons. The molecule has 0 aliphatic rings. The molecule has 0 saturated heterocycles. The summed E-state index contributed by atoms with van der Waals surface area (Å²) in [6.07, 6.45) is 0. The number of anilines is 1. The summed E-state index contributed by atoms with van der Waals surface area (Å²) in [6, 6.07) is 24.3. The van der Waals surface area contributed by atoms with Gasteiger partial charge in [0.05, 0.1) is 0 Å². The Balaban J connectivity index is 1.48. The van der Waals surface area contributed by atoms with E-state index in [2.05, 4.69) is 72.0 Å². The molecule has 1 heterocycles. The first-order valence-electron chi connectivity index (χ1n) is 10.6. The molecule has 0 bridgehead atoms. The van der Waals surface area contributed by atoms with E-state index in [1.165, 1.54) is 5.56 Å². The second-order valence-electron chi connectivity index (χ2n) is 9.01. The fourth-order valence-electron chi connectivity index (χ4n) is 3.25. The highest BCUT2D eigenvalue weighted by Gasteiger charge is 2.15. The number of rotatable bonds is 3. The van der Waals surface area contributed by atoms with Gasteiger partial charge in [-0.05, 0) is 71.6 Å². The third-order valence-electron chi connectivity index (χ3n) is 5.29. The smallest absolute Gasteiger partial charge is 0.248 e. The highest BCUT2D eigenvalue weighted by atomic mass is 16.4. The van der Waals surface area contributed by atoms with E-state index >= 15 is 0 Å². The minimum absolute atomic E-state index is 0.110. The molecule has 0 N–H and O–H groups in total. The molecular formula is C28H27N3O. The van der Waals surface area contributed by atoms with Gasteiger partial charge in [0.2, 0.25) is 11.8 Å². The van der Waals surface area contributed by atoms with Crippen molar-refractivity contribution in [2.75, 3.05) is 19.0 Å². The van der Waals surface area contributed by atoms with E-state index in [1.807, 2.05) is 62.6 Å². The van der Waals surface area contributed by atoms with Crippen molar-refractivity contribution in [3.63, 3.8) is 0 Å². The van der Waals surface area contributed by atoms with Crippen molar-refractivity contribution >= 4 is 5.69 Å². The van der Waals surface area contributed by atoms with Gasteiger partial charge >= 0.3 is 0 Å². The van der Waals surface area contributed by atoms with Crippen molar-refractivity contribution in [3.8, 4) is 34.7 Å². The molecule has 0 saturated carbocycles. The van der Waals surface area contributed by atoms with Crippen molar-refractivity contribution in [1.29, 1.82) is 0 Å². The average molecular weight is 422 g/mol. The van der Waals surface area contributed by atoms with Crippen LogP contribution in [0.15, 0.2) is 77.2 Å². The quantitative estimate of drug-likeness (QED) is 0.371. The third kappa shape index (κ3) is 4.90. The summed E-state index contributed by atoms with van der Waals surface area (Å²) < 4.78 is 5.92. The maximum atomic E-state index is 5.92. The number of hydrogen-bond donors (Lipinski definition) is 0. The van der Waals surface area contributed by atoms with Gasteiger partial charge < -0.3 is 9.32 Å². The molecule has 0 atom stereocenters. The van der Waals surface area contributed by atoms with E-state index in [-0.39, 0.29) is 5.41 Å². The second kappa shape index (κ2) is 8.72. The molecule has 0 radical (unpaired) electrons. The lowest BCUT2D eigenvalue weighted by Gasteiger charge is -2.18. The Kier molecular flexibility index (Phi) is 5.83. The molecular weight excluding hydrogens is 394 g/mol. The van der Waals surface area contributed by atoms with Gasteiger partial charge in [-0.25, -0.2) is 0 Å². The highest BCUT2D eigenvalue weighted by molar-refractivity contribution is 5.60. The van der Waals surface area contributed by atoms with Crippen molar-refractivity contribution < 1.29 is 4.42 Å². The fraction of sp³-hybridized carbons (Fsp3) is 0.214. The van der Waals surface area contributed by atoms with E-state index in [0.29, 0.717) is 11.8 Å². The lowest BCUT2D eigenvalue weighted by Crippen LogP contribution is -2.10. The van der Waals surface area contributed by atoms with Crippen LogP contribution >= 0.6 is 0 Å². The molecule has 1 aromatic heterocycles. The van der Waals surface area contributed by atoms with Crippen LogP contribution in [0.4, 0.5) is 5.69 Å². The summed E-state index contributed by atoms with van der Waals surface area (Å²) in [7, 11) is 4.05. The Hall–Kier alpha value is -3.84. The number of benzene rings is 3. The largest absolute Gasteiger partial charge is 0.416 e. The van der Waals surface area contributed by atoms with E-state index < -0.39 is 0 Å². The van der Waals surface area contributed by atoms with Gasteiger partial charge in [0.25, 0.3) is 0 Å². The molecule has 4 nitrogen and oxygen atoms in total. The number of hydrogen-bond acceptors (Lipinski definition) is 4. The van der Waals surface area contributed by atoms with Gasteiger partial charge in [-0.2, -0.15) is 0 Å². The van der Waals surface area contributed by atoms with Crippen LogP contribution in [0.2, 0.25) is 0 Å². The molecule has 4 heteroatoms. The molecule has 0 aliphatic carbocycles. The standard InChI is InChI=1S/C28H27N3O/c1-28(2,3)24-16-14-23(15-17-24)27-30-29-26(32-27)22-12-8-20(9-13-22)6-7-21-10-18-25(19-11-21)31(4)5/h8-19H,1-5H3. The van der Waals surface area contributed by atoms with Gasteiger partial charge in [0.1, 0.15) is 0 Å². The zero-order valence-corrected chi connectivity index (χ0v) is 19.2. The van der Waals surface area contributed by atoms with Gasteiger partial charge in [-0.1, -0.05) is 44.7 Å². The lowest BCUT2D eigenvalue weighted by atomic mass is 9.87. The maximum absolute atomic E-state index is 5.92. The van der Waals surface area contributed by atoms with Crippen LogP contribution in [0.3, 0.4) is 0 Å². The van der Waals surface area contributed by atoms with Crippen molar-refractivity contribution in [2.45, 2.75) is 26.2 Å². The van der Waals surface area contributed by atoms with Crippen molar-refractivity contribution in [3.05, 3.63) is 89.5 Å². The number of aromatic nitrogens is 2. The van der Waals surface area contributed by atoms with Gasteiger partial charge in [-0.15, -0.1) is 10.2 Å². The van der Waals surface area contributed by atoms with Gasteiger partial charge in [-0.3, -0.25) is 0 Å². The van der Waals surface area contributed by atoms with Gasteiger partial charge in [0.15, 0.2) is 0 Å². The first-order chi connectivity index (χ1) is 15.3. The first-order valence-corrected chi connectivity index (χ1v) is 10.6. The second-order valence-corrected chi connectivity index (χ2v) is 9.01. The Morgan fingerprint density at radius 3 is 1.53 bits per heavy atom. The summed E-state index contributed by atoms with van der Waals surface area (Å²) in [5, 5.41) is 8.45. The summed E-state index contributed by atoms with van der Waals surface area (Å²) in [5.41, 5.74) is 6.24. The van der Waals surface area contributed by atoms with Crippen LogP contribution in [0, 0.1) is 11.8 Å². The summed E-state index contributed by atoms with van der Waals surface area (Å²) in [6.45, 7) is 6.59. The van der Waals surface area contributed by atoms with E-state index in [9.17, 15) is 0 Å². The third-order valence-corrected chi connectivity index (χ3v) is 5.29. The van der Waals surface area contributed by atoms with Crippen molar-refractivity contribution in [2.24, 2.45) is 0 Å². The van der Waals surface area contributed by atoms with E-state index in [1.54, 1.807) is 0 Å². The van der Waals surface area contributed by atoms with Crippen molar-refractivity contribution in [1.82, 2.24) is 10.2 Å². The fourth-order valence-corrected chi connectivity index (χ4v) is 3.25. The minimum Gasteiger partial charge on any atom is -0.416 e. The summed E-state index contributed by atoms with van der Waals surface area (Å²) in [5.74, 6) is 7.43. The Bertz CT molecular complexity index is 1250. The topological polar surface area (TPSA) is 42.2 Å². The molecule has 3 aromatic carbocycles. The Labute approximate surface area is 189 Å². The average Bonchev–Trinajstić information content (AvgIpc) is 3.28. The lowest BCUT2D eigenvalue weighted by molar-refractivity contribution is 0.582. The molecule has 0 unspecified atom stereocenters. The van der Waals surface area contributed by atoms with Crippen LogP contribution in [-0.4, -0.2) is 24.3 Å². The van der Waals surface area contributed by atoms with E-state index in [0.717, 1.165) is 27.9 Å². The normalized spacial score (nSPS) is 11.0. The molecule has 0 fully saturated rings. The van der Waals surface area contributed by atoms with Crippen LogP contribution < -0.4 is 4.90 Å². The SMILES string of the molecule is CN(C)c1ccc(C#Cc2ccc(-c3nnc(-c4ccc(C(C)(C)C)cc4)o3)cc2)cc1. The Morgan fingerprint density at radius 1 is 0.656 bits per heavy atom. The van der Waals surface area contributed by atoms with Crippen LogP contribution in [0.25, 0.3) is 22.9 Å². The summed E-state index contributed by atoms with van der Waals surface area (Å²) >= 11 is 0. The highest BCUT2D eigenvalue weighted by Crippen LogP contribution is 2.27. The predicted octanol–water partition coefficient (Wildman–Crippen LogP) is 6.17. The molecule has 32 heavy (non-hydrogen) atoms. The van der Waals surface area contributed by atoms with Crippen LogP contribution in [0.5, 0.6) is 0 Å². The van der Waals surface area contributed by atoms with Gasteiger partial charge in [0, 0.05) is 42.0 Å². The maximum Gasteiger partial charge on any atom is 0.248 e. The predicted molar refractivity (Wildman–Crippen MR) is 131 cm³/mol. The minimum atomic E-state index is 0.110. The monoisotopic (exact) mass is 421 g/mol. The summed E-state index contributed by atoms with van der Waals surface area (Å²) in [4.78, 5) is 2.07. The molecule has 4 aromatic rings.